The van der Waals surface area contributed by atoms with Gasteiger partial charge in [-0.3, -0.25) is 0 Å². The lowest BCUT2D eigenvalue weighted by Crippen LogP contribution is -2.10. The van der Waals surface area contributed by atoms with Crippen LogP contribution in [-0.4, -0.2) is 0 Å². The molecule has 13 aromatic rings. The van der Waals surface area contributed by atoms with E-state index in [2.05, 4.69) is 241 Å². The van der Waals surface area contributed by atoms with Gasteiger partial charge in [0.25, 0.3) is 0 Å². The van der Waals surface area contributed by atoms with Crippen LogP contribution in [0.2, 0.25) is 0 Å². The molecule has 13 rings (SSSR count). The average Bonchev–Trinajstić information content (AvgIpc) is 3.78. The molecule has 0 unspecified atom stereocenters. The van der Waals surface area contributed by atoms with Crippen molar-refractivity contribution in [2.24, 2.45) is 0 Å². The van der Waals surface area contributed by atoms with Crippen LogP contribution in [0.25, 0.3) is 110 Å². The van der Waals surface area contributed by atoms with Crippen molar-refractivity contribution < 1.29 is 4.42 Å². The number of fused-ring (bicyclic) bond motifs is 8. The van der Waals surface area contributed by atoms with E-state index in [0.29, 0.717) is 0 Å². The molecular formula is C64H41NO. The van der Waals surface area contributed by atoms with Gasteiger partial charge < -0.3 is 9.32 Å². The molecule has 308 valence electrons. The summed E-state index contributed by atoms with van der Waals surface area (Å²) in [7, 11) is 0. The highest BCUT2D eigenvalue weighted by Gasteiger charge is 2.19. The molecule has 12 aromatic carbocycles. The highest BCUT2D eigenvalue weighted by atomic mass is 16.3. The Morgan fingerprint density at radius 2 is 0.773 bits per heavy atom. The number of benzene rings is 12. The molecule has 0 atom stereocenters. The molecule has 0 spiro atoms. The number of hydrogen-bond donors (Lipinski definition) is 0. The van der Waals surface area contributed by atoms with Gasteiger partial charge in [0.15, 0.2) is 0 Å². The summed E-state index contributed by atoms with van der Waals surface area (Å²) in [5.41, 5.74) is 14.5. The summed E-state index contributed by atoms with van der Waals surface area (Å²) >= 11 is 0. The number of rotatable bonds is 7. The third-order valence-corrected chi connectivity index (χ3v) is 13.4. The van der Waals surface area contributed by atoms with E-state index in [-0.39, 0.29) is 0 Å². The van der Waals surface area contributed by atoms with Crippen LogP contribution in [0.15, 0.2) is 253 Å². The number of hydrogen-bond acceptors (Lipinski definition) is 2. The maximum atomic E-state index is 6.45. The van der Waals surface area contributed by atoms with Gasteiger partial charge in [-0.1, -0.05) is 194 Å². The summed E-state index contributed by atoms with van der Waals surface area (Å²) in [4.78, 5) is 2.42. The first-order valence-corrected chi connectivity index (χ1v) is 22.7. The largest absolute Gasteiger partial charge is 0.455 e. The maximum Gasteiger partial charge on any atom is 0.143 e. The van der Waals surface area contributed by atoms with Crippen molar-refractivity contribution in [3.8, 4) is 44.5 Å². The third-order valence-electron chi connectivity index (χ3n) is 13.4. The van der Waals surface area contributed by atoms with Gasteiger partial charge in [-0.15, -0.1) is 0 Å². The fourth-order valence-electron chi connectivity index (χ4n) is 10.3. The van der Waals surface area contributed by atoms with Crippen molar-refractivity contribution in [3.05, 3.63) is 249 Å². The molecule has 0 saturated heterocycles. The summed E-state index contributed by atoms with van der Waals surface area (Å²) in [6.45, 7) is 0. The van der Waals surface area contributed by atoms with Crippen molar-refractivity contribution in [1.82, 2.24) is 0 Å². The van der Waals surface area contributed by atoms with Gasteiger partial charge in [-0.05, 0) is 131 Å². The minimum atomic E-state index is 0.907. The van der Waals surface area contributed by atoms with Crippen LogP contribution in [0, 0.1) is 0 Å². The van der Waals surface area contributed by atoms with Crippen LogP contribution in [0.3, 0.4) is 0 Å². The van der Waals surface area contributed by atoms with E-state index in [1.54, 1.807) is 0 Å². The average molecular weight is 840 g/mol. The Hall–Kier alpha value is -8.72. The second-order valence-corrected chi connectivity index (χ2v) is 17.2. The Morgan fingerprint density at radius 3 is 1.53 bits per heavy atom. The van der Waals surface area contributed by atoms with E-state index in [0.717, 1.165) is 61.3 Å². The van der Waals surface area contributed by atoms with Crippen molar-refractivity contribution in [2.75, 3.05) is 4.90 Å². The number of anilines is 3. The predicted molar refractivity (Wildman–Crippen MR) is 280 cm³/mol. The zero-order valence-corrected chi connectivity index (χ0v) is 36.0. The van der Waals surface area contributed by atoms with Crippen molar-refractivity contribution >= 4 is 82.1 Å². The van der Waals surface area contributed by atoms with Crippen molar-refractivity contribution in [3.63, 3.8) is 0 Å². The summed E-state index contributed by atoms with van der Waals surface area (Å²) in [5.74, 6) is 0. The molecule has 0 amide bonds. The zero-order chi connectivity index (χ0) is 43.6. The van der Waals surface area contributed by atoms with Gasteiger partial charge in [-0.2, -0.15) is 0 Å². The summed E-state index contributed by atoms with van der Waals surface area (Å²) < 4.78 is 6.45. The lowest BCUT2D eigenvalue weighted by Gasteiger charge is -2.28. The van der Waals surface area contributed by atoms with Crippen LogP contribution in [0.5, 0.6) is 0 Å². The molecule has 0 aliphatic carbocycles. The van der Waals surface area contributed by atoms with E-state index in [1.165, 1.54) is 65.3 Å². The molecule has 1 aromatic heterocycles. The van der Waals surface area contributed by atoms with Crippen molar-refractivity contribution in [2.45, 2.75) is 0 Å². The molecule has 0 saturated carbocycles. The fourth-order valence-corrected chi connectivity index (χ4v) is 10.3. The number of furan rings is 1. The molecule has 0 radical (unpaired) electrons. The van der Waals surface area contributed by atoms with Gasteiger partial charge in [0.2, 0.25) is 0 Å². The van der Waals surface area contributed by atoms with Gasteiger partial charge >= 0.3 is 0 Å². The van der Waals surface area contributed by atoms with E-state index in [1.807, 2.05) is 12.1 Å². The SMILES string of the molecule is c1cc(-c2ccc(N(c3ccc(-c4cc(-c5cccc6ccccc56)c5ccccc5c4)cc3)c3cc4ccccc4c4ccccc34)cc2)cc(-c2cccc3c2oc2ccccc23)c1. The standard InChI is InChI=1S/C64H41NO/c1-4-20-52-44(14-1)17-12-27-57(52)61-40-49(39-46-15-2-6-22-54(46)61)43-32-36-51(37-33-43)65(62-41-48-16-3-5-21-53(48)56-23-7-8-24-58(56)62)50-34-30-42(31-35-50)45-18-11-19-47(38-45)55-26-13-28-60-59-25-9-10-29-63(59)66-64(55)60/h1-41H. The third kappa shape index (κ3) is 6.34. The van der Waals surface area contributed by atoms with Crippen molar-refractivity contribution in [1.29, 1.82) is 0 Å². The maximum absolute atomic E-state index is 6.45. The molecule has 0 bridgehead atoms. The molecule has 0 fully saturated rings. The molecule has 0 aliphatic heterocycles. The number of para-hydroxylation sites is 2. The van der Waals surface area contributed by atoms with Gasteiger partial charge in [0.1, 0.15) is 11.2 Å². The number of nitrogens with zero attached hydrogens (tertiary/aromatic N) is 1. The molecular weight excluding hydrogens is 799 g/mol. The Bertz CT molecular complexity index is 3990. The minimum absolute atomic E-state index is 0.907. The zero-order valence-electron chi connectivity index (χ0n) is 36.0. The molecule has 2 nitrogen and oxygen atoms in total. The predicted octanol–water partition coefficient (Wildman–Crippen LogP) is 18.3. The van der Waals surface area contributed by atoms with E-state index < -0.39 is 0 Å². The molecule has 1 heterocycles. The van der Waals surface area contributed by atoms with Crippen LogP contribution in [0.4, 0.5) is 17.1 Å². The highest BCUT2D eigenvalue weighted by molar-refractivity contribution is 6.15. The second-order valence-electron chi connectivity index (χ2n) is 17.2. The molecule has 0 aliphatic rings. The smallest absolute Gasteiger partial charge is 0.143 e. The second kappa shape index (κ2) is 15.5. The molecule has 2 heteroatoms. The highest BCUT2D eigenvalue weighted by Crippen LogP contribution is 2.44. The first-order chi connectivity index (χ1) is 32.7. The fraction of sp³-hybridized carbons (Fsp3) is 0. The van der Waals surface area contributed by atoms with Crippen LogP contribution < -0.4 is 4.90 Å². The summed E-state index contributed by atoms with van der Waals surface area (Å²) in [6.07, 6.45) is 0. The van der Waals surface area contributed by atoms with E-state index >= 15 is 0 Å². The van der Waals surface area contributed by atoms with E-state index in [4.69, 9.17) is 4.42 Å². The Morgan fingerprint density at radius 1 is 0.258 bits per heavy atom. The first kappa shape index (κ1) is 37.8. The minimum Gasteiger partial charge on any atom is -0.455 e. The van der Waals surface area contributed by atoms with Gasteiger partial charge in [0, 0.05) is 33.1 Å². The summed E-state index contributed by atoms with van der Waals surface area (Å²) in [5, 5.41) is 12.1. The Balaban J connectivity index is 0.923. The van der Waals surface area contributed by atoms with Crippen LogP contribution in [0.1, 0.15) is 0 Å². The van der Waals surface area contributed by atoms with Crippen LogP contribution >= 0.6 is 0 Å². The normalized spacial score (nSPS) is 11.6. The van der Waals surface area contributed by atoms with Gasteiger partial charge in [0.05, 0.1) is 5.69 Å². The Kier molecular flexibility index (Phi) is 8.89. The topological polar surface area (TPSA) is 16.4 Å². The first-order valence-electron chi connectivity index (χ1n) is 22.7. The van der Waals surface area contributed by atoms with E-state index in [9.17, 15) is 0 Å². The lowest BCUT2D eigenvalue weighted by atomic mass is 9.90. The quantitative estimate of drug-likeness (QED) is 0.149. The van der Waals surface area contributed by atoms with Crippen LogP contribution in [-0.2, 0) is 0 Å². The lowest BCUT2D eigenvalue weighted by molar-refractivity contribution is 0.670. The Labute approximate surface area is 382 Å². The van der Waals surface area contributed by atoms with Gasteiger partial charge in [-0.25, -0.2) is 0 Å². The summed E-state index contributed by atoms with van der Waals surface area (Å²) in [6, 6.07) is 90.3. The molecule has 66 heavy (non-hydrogen) atoms. The monoisotopic (exact) mass is 839 g/mol. The molecule has 0 N–H and O–H groups in total.